The number of ether oxygens (including phenoxy) is 2. The number of rotatable bonds is 0. The minimum atomic E-state index is -0.498. The summed E-state index contributed by atoms with van der Waals surface area (Å²) in [5.74, 6) is 0.829. The van der Waals surface area contributed by atoms with Crippen LogP contribution in [0.3, 0.4) is 0 Å². The van der Waals surface area contributed by atoms with Gasteiger partial charge in [0.2, 0.25) is 0 Å². The first-order valence-electron chi connectivity index (χ1n) is 10.2. The van der Waals surface area contributed by atoms with Gasteiger partial charge in [-0.05, 0) is 64.3 Å². The zero-order valence-corrected chi connectivity index (χ0v) is 18.1. The molecule has 0 fully saturated rings. The molecule has 1 aliphatic heterocycles. The molecule has 28 heavy (non-hydrogen) atoms. The fraction of sp³-hybridized carbons (Fsp3) is 0.522. The lowest BCUT2D eigenvalue weighted by Gasteiger charge is -2.27. The lowest BCUT2D eigenvalue weighted by atomic mass is 10.1. The monoisotopic (exact) mass is 388 g/mol. The van der Waals surface area contributed by atoms with E-state index in [1.165, 1.54) is 11.3 Å². The molecule has 0 atom stereocenters. The largest absolute Gasteiger partial charge is 0.490 e. The molecule has 2 heterocycles. The Balaban J connectivity index is 0.00000136. The molecule has 0 aliphatic carbocycles. The highest BCUT2D eigenvalue weighted by Crippen LogP contribution is 2.27. The number of benzene rings is 1. The Morgan fingerprint density at radius 3 is 2.57 bits per heavy atom. The van der Waals surface area contributed by atoms with Gasteiger partial charge in [-0.1, -0.05) is 26.0 Å². The van der Waals surface area contributed by atoms with Crippen LogP contribution in [0.1, 0.15) is 53.7 Å². The molecule has 0 saturated heterocycles. The first-order valence-corrected chi connectivity index (χ1v) is 10.2. The van der Waals surface area contributed by atoms with Crippen molar-refractivity contribution in [1.29, 1.82) is 0 Å². The van der Waals surface area contributed by atoms with Gasteiger partial charge in [0, 0.05) is 19.9 Å². The predicted octanol–water partition coefficient (Wildman–Crippen LogP) is 5.62. The third-order valence-electron chi connectivity index (χ3n) is 4.46. The van der Waals surface area contributed by atoms with Gasteiger partial charge in [-0.15, -0.1) is 0 Å². The van der Waals surface area contributed by atoms with E-state index < -0.39 is 5.60 Å². The van der Waals surface area contributed by atoms with Gasteiger partial charge in [-0.3, -0.25) is 0 Å². The summed E-state index contributed by atoms with van der Waals surface area (Å²) in [6.07, 6.45) is 3.59. The van der Waals surface area contributed by atoms with E-state index in [-0.39, 0.29) is 7.52 Å². The van der Waals surface area contributed by atoms with Crippen LogP contribution in [0, 0.1) is 6.92 Å². The van der Waals surface area contributed by atoms with Gasteiger partial charge in [0.05, 0.1) is 12.2 Å². The molecule has 5 heteroatoms. The van der Waals surface area contributed by atoms with E-state index in [2.05, 4.69) is 29.8 Å². The molecule has 156 valence electrons. The molecule has 0 bridgehead atoms. The van der Waals surface area contributed by atoms with Crippen LogP contribution in [0.5, 0.6) is 5.75 Å². The van der Waals surface area contributed by atoms with Gasteiger partial charge in [-0.2, -0.15) is 0 Å². The molecule has 5 nitrogen and oxygen atoms in total. The van der Waals surface area contributed by atoms with Crippen LogP contribution in [0.15, 0.2) is 36.5 Å². The number of hydrogen-bond acceptors (Lipinski definition) is 3. The third kappa shape index (κ3) is 5.54. The smallest absolute Gasteiger partial charge is 0.410 e. The lowest BCUT2D eigenvalue weighted by molar-refractivity contribution is 0.0225. The third-order valence-corrected chi connectivity index (χ3v) is 4.46. The molecule has 2 aromatic rings. The first kappa shape index (κ1) is 21.9. The maximum absolute atomic E-state index is 12.5. The van der Waals surface area contributed by atoms with Crippen molar-refractivity contribution in [3.8, 4) is 11.4 Å². The normalized spacial score (nSPS) is 14.4. The Hall–Kier alpha value is -2.43. The molecule has 0 spiro atoms. The van der Waals surface area contributed by atoms with Crippen LogP contribution in [0.2, 0.25) is 0 Å². The van der Waals surface area contributed by atoms with Crippen molar-refractivity contribution < 1.29 is 15.7 Å². The number of para-hydroxylation sites is 2. The van der Waals surface area contributed by atoms with Gasteiger partial charge in [0.25, 0.3) is 0 Å². The zero-order valence-electron chi connectivity index (χ0n) is 18.1. The van der Waals surface area contributed by atoms with Gasteiger partial charge >= 0.3 is 6.09 Å². The van der Waals surface area contributed by atoms with Gasteiger partial charge < -0.3 is 18.9 Å². The van der Waals surface area contributed by atoms with Crippen LogP contribution in [0.25, 0.3) is 5.69 Å². The second kappa shape index (κ2) is 9.67. The average molecular weight is 389 g/mol. The second-order valence-corrected chi connectivity index (χ2v) is 7.70. The Labute approximate surface area is 170 Å². The lowest BCUT2D eigenvalue weighted by Crippen LogP contribution is -2.39. The molecule has 0 radical (unpaired) electrons. The molecular formula is C23H36N2O3. The molecule has 1 amide bonds. The van der Waals surface area contributed by atoms with E-state index in [4.69, 9.17) is 9.47 Å². The molecule has 1 aromatic heterocycles. The minimum absolute atomic E-state index is 0. The average Bonchev–Trinajstić information content (AvgIpc) is 2.99. The fourth-order valence-electron chi connectivity index (χ4n) is 3.21. The molecule has 0 saturated carbocycles. The van der Waals surface area contributed by atoms with Crippen LogP contribution in [0.4, 0.5) is 4.79 Å². The van der Waals surface area contributed by atoms with Gasteiger partial charge in [-0.25, -0.2) is 4.79 Å². The SMILES string of the molecule is CC.Cc1ccn2c1CCCN(C(=O)OC(C)(C)C)CCOc1ccccc1-2.[HH]. The van der Waals surface area contributed by atoms with E-state index in [1.807, 2.05) is 52.8 Å². The summed E-state index contributed by atoms with van der Waals surface area (Å²) in [6, 6.07) is 10.2. The number of amides is 1. The number of carbonyl (C=O) groups is 1. The molecule has 1 aromatic carbocycles. The summed E-state index contributed by atoms with van der Waals surface area (Å²) in [5, 5.41) is 0. The Bertz CT molecular complexity index is 781. The zero-order chi connectivity index (χ0) is 20.7. The van der Waals surface area contributed by atoms with Crippen molar-refractivity contribution in [1.82, 2.24) is 9.47 Å². The van der Waals surface area contributed by atoms with Crippen molar-refractivity contribution in [2.45, 2.75) is 60.0 Å². The molecule has 3 rings (SSSR count). The molecule has 0 unspecified atom stereocenters. The topological polar surface area (TPSA) is 43.7 Å². The van der Waals surface area contributed by atoms with Crippen molar-refractivity contribution in [2.24, 2.45) is 0 Å². The van der Waals surface area contributed by atoms with Crippen molar-refractivity contribution in [2.75, 3.05) is 19.7 Å². The number of hydrogen-bond donors (Lipinski definition) is 0. The Morgan fingerprint density at radius 1 is 1.14 bits per heavy atom. The van der Waals surface area contributed by atoms with E-state index in [1.54, 1.807) is 4.90 Å². The summed E-state index contributed by atoms with van der Waals surface area (Å²) in [4.78, 5) is 14.3. The van der Waals surface area contributed by atoms with Crippen LogP contribution >= 0.6 is 0 Å². The number of nitrogens with zero attached hydrogens (tertiary/aromatic N) is 2. The Kier molecular flexibility index (Phi) is 7.55. The second-order valence-electron chi connectivity index (χ2n) is 7.70. The fourth-order valence-corrected chi connectivity index (χ4v) is 3.21. The van der Waals surface area contributed by atoms with Crippen LogP contribution in [-0.2, 0) is 11.2 Å². The number of aromatic nitrogens is 1. The van der Waals surface area contributed by atoms with Gasteiger partial charge in [0.15, 0.2) is 0 Å². The summed E-state index contributed by atoms with van der Waals surface area (Å²) < 4.78 is 13.8. The van der Waals surface area contributed by atoms with Crippen LogP contribution < -0.4 is 4.74 Å². The number of carbonyl (C=O) groups excluding carboxylic acids is 1. The standard InChI is InChI=1S/C21H28N2O3.C2H6.H2/c1-16-11-13-23-17(16)9-7-12-22(20(24)26-21(2,3)4)14-15-25-19-10-6-5-8-18(19)23;1-2;/h5-6,8,10-11,13H,7,9,12,14-15H2,1-4H3;1-2H3;1H. The summed E-state index contributed by atoms with van der Waals surface area (Å²) >= 11 is 0. The maximum Gasteiger partial charge on any atom is 0.410 e. The highest BCUT2D eigenvalue weighted by Gasteiger charge is 2.23. The minimum Gasteiger partial charge on any atom is -0.490 e. The molecule has 0 N–H and O–H groups in total. The van der Waals surface area contributed by atoms with E-state index in [0.29, 0.717) is 19.7 Å². The van der Waals surface area contributed by atoms with Crippen LogP contribution in [-0.4, -0.2) is 40.9 Å². The van der Waals surface area contributed by atoms with Crippen molar-refractivity contribution >= 4 is 6.09 Å². The summed E-state index contributed by atoms with van der Waals surface area (Å²) in [7, 11) is 0. The highest BCUT2D eigenvalue weighted by atomic mass is 16.6. The van der Waals surface area contributed by atoms with E-state index in [0.717, 1.165) is 24.3 Å². The summed E-state index contributed by atoms with van der Waals surface area (Å²) in [6.45, 7) is 13.4. The van der Waals surface area contributed by atoms with E-state index >= 15 is 0 Å². The number of fused-ring (bicyclic) bond motifs is 3. The first-order chi connectivity index (χ1) is 13.3. The highest BCUT2D eigenvalue weighted by molar-refractivity contribution is 5.68. The summed E-state index contributed by atoms with van der Waals surface area (Å²) in [5.41, 5.74) is 3.05. The maximum atomic E-state index is 12.5. The van der Waals surface area contributed by atoms with E-state index in [9.17, 15) is 4.79 Å². The van der Waals surface area contributed by atoms with Crippen molar-refractivity contribution in [3.05, 3.63) is 47.8 Å². The predicted molar refractivity (Wildman–Crippen MR) is 116 cm³/mol. The number of aryl methyl sites for hydroxylation is 1. The van der Waals surface area contributed by atoms with Crippen molar-refractivity contribution in [3.63, 3.8) is 0 Å². The van der Waals surface area contributed by atoms with Gasteiger partial charge in [0.1, 0.15) is 18.0 Å². The molecule has 1 aliphatic rings. The quantitative estimate of drug-likeness (QED) is 0.588. The molecular weight excluding hydrogens is 352 g/mol. The Morgan fingerprint density at radius 2 is 1.86 bits per heavy atom.